The van der Waals surface area contributed by atoms with Gasteiger partial charge in [-0.1, -0.05) is 29.8 Å². The zero-order valence-corrected chi connectivity index (χ0v) is 12.3. The number of rotatable bonds is 3. The molecule has 5 heteroatoms. The SMILES string of the molecule is Cc1cccc([C@H]2CCCN2CC(=O)N2CCNC2=O)c1. The Bertz CT molecular complexity index is 558. The lowest BCUT2D eigenvalue weighted by Crippen LogP contribution is -2.41. The molecule has 1 N–H and O–H groups in total. The van der Waals surface area contributed by atoms with Crippen molar-refractivity contribution >= 4 is 11.9 Å². The van der Waals surface area contributed by atoms with E-state index in [0.717, 1.165) is 19.4 Å². The average molecular weight is 287 g/mol. The molecule has 0 radical (unpaired) electrons. The minimum Gasteiger partial charge on any atom is -0.336 e. The van der Waals surface area contributed by atoms with Gasteiger partial charge in [0.25, 0.3) is 0 Å². The molecule has 5 nitrogen and oxygen atoms in total. The Morgan fingerprint density at radius 1 is 1.38 bits per heavy atom. The van der Waals surface area contributed by atoms with Gasteiger partial charge in [-0.25, -0.2) is 4.79 Å². The van der Waals surface area contributed by atoms with Crippen molar-refractivity contribution in [3.05, 3.63) is 35.4 Å². The van der Waals surface area contributed by atoms with E-state index in [4.69, 9.17) is 0 Å². The topological polar surface area (TPSA) is 52.7 Å². The molecule has 1 aromatic rings. The van der Waals surface area contributed by atoms with E-state index >= 15 is 0 Å². The van der Waals surface area contributed by atoms with Crippen LogP contribution in [0.4, 0.5) is 4.79 Å². The Balaban J connectivity index is 1.69. The lowest BCUT2D eigenvalue weighted by atomic mass is 10.0. The highest BCUT2D eigenvalue weighted by molar-refractivity contribution is 5.96. The van der Waals surface area contributed by atoms with E-state index in [1.807, 2.05) is 0 Å². The minimum absolute atomic E-state index is 0.0930. The molecule has 21 heavy (non-hydrogen) atoms. The fraction of sp³-hybridized carbons (Fsp3) is 0.500. The molecule has 0 bridgehead atoms. The zero-order chi connectivity index (χ0) is 14.8. The average Bonchev–Trinajstić information content (AvgIpc) is 3.07. The fourth-order valence-corrected chi connectivity index (χ4v) is 3.24. The number of carbonyl (C=O) groups is 2. The first-order chi connectivity index (χ1) is 10.1. The summed E-state index contributed by atoms with van der Waals surface area (Å²) in [5, 5.41) is 2.67. The van der Waals surface area contributed by atoms with E-state index in [0.29, 0.717) is 25.7 Å². The van der Waals surface area contributed by atoms with E-state index in [-0.39, 0.29) is 11.9 Å². The Labute approximate surface area is 124 Å². The monoisotopic (exact) mass is 287 g/mol. The number of nitrogens with zero attached hydrogens (tertiary/aromatic N) is 2. The Morgan fingerprint density at radius 2 is 2.24 bits per heavy atom. The minimum atomic E-state index is -0.258. The first-order valence-corrected chi connectivity index (χ1v) is 7.54. The molecule has 2 fully saturated rings. The maximum Gasteiger partial charge on any atom is 0.324 e. The molecule has 0 unspecified atom stereocenters. The van der Waals surface area contributed by atoms with Gasteiger partial charge in [-0.05, 0) is 31.9 Å². The molecule has 2 heterocycles. The summed E-state index contributed by atoms with van der Waals surface area (Å²) >= 11 is 0. The highest BCUT2D eigenvalue weighted by Crippen LogP contribution is 2.32. The number of likely N-dealkylation sites (tertiary alicyclic amines) is 1. The summed E-state index contributed by atoms with van der Waals surface area (Å²) in [7, 11) is 0. The van der Waals surface area contributed by atoms with Crippen molar-refractivity contribution in [1.29, 1.82) is 0 Å². The second-order valence-electron chi connectivity index (χ2n) is 5.82. The van der Waals surface area contributed by atoms with Gasteiger partial charge >= 0.3 is 6.03 Å². The summed E-state index contributed by atoms with van der Waals surface area (Å²) in [6, 6.07) is 8.50. The summed E-state index contributed by atoms with van der Waals surface area (Å²) in [5.41, 5.74) is 2.51. The molecule has 0 aromatic heterocycles. The molecule has 0 spiro atoms. The van der Waals surface area contributed by atoms with Gasteiger partial charge in [-0.2, -0.15) is 0 Å². The molecule has 3 amide bonds. The number of benzene rings is 1. The first-order valence-electron chi connectivity index (χ1n) is 7.54. The number of hydrogen-bond acceptors (Lipinski definition) is 3. The highest BCUT2D eigenvalue weighted by Gasteiger charge is 2.32. The number of imide groups is 1. The quantitative estimate of drug-likeness (QED) is 0.920. The van der Waals surface area contributed by atoms with Crippen molar-refractivity contribution in [2.75, 3.05) is 26.2 Å². The molecular weight excluding hydrogens is 266 g/mol. The fourth-order valence-electron chi connectivity index (χ4n) is 3.24. The summed E-state index contributed by atoms with van der Waals surface area (Å²) in [6.45, 7) is 4.38. The van der Waals surface area contributed by atoms with Crippen LogP contribution in [0.15, 0.2) is 24.3 Å². The van der Waals surface area contributed by atoms with Crippen LogP contribution in [0, 0.1) is 6.92 Å². The molecular formula is C16H21N3O2. The number of urea groups is 1. The Kier molecular flexibility index (Phi) is 3.92. The summed E-state index contributed by atoms with van der Waals surface area (Å²) < 4.78 is 0. The molecule has 112 valence electrons. The van der Waals surface area contributed by atoms with E-state index in [1.54, 1.807) is 0 Å². The molecule has 0 aliphatic carbocycles. The molecule has 2 aliphatic heterocycles. The first kappa shape index (κ1) is 14.1. The third kappa shape index (κ3) is 2.93. The normalized spacial score (nSPS) is 22.6. The Morgan fingerprint density at radius 3 is 2.95 bits per heavy atom. The van der Waals surface area contributed by atoms with Gasteiger partial charge in [0.05, 0.1) is 6.54 Å². The van der Waals surface area contributed by atoms with Crippen LogP contribution in [-0.4, -0.2) is 47.9 Å². The van der Waals surface area contributed by atoms with Crippen LogP contribution in [0.2, 0.25) is 0 Å². The van der Waals surface area contributed by atoms with Gasteiger partial charge in [0.15, 0.2) is 0 Å². The van der Waals surface area contributed by atoms with Gasteiger partial charge in [0, 0.05) is 19.1 Å². The number of nitrogens with one attached hydrogen (secondary N) is 1. The lowest BCUT2D eigenvalue weighted by molar-refractivity contribution is -0.129. The van der Waals surface area contributed by atoms with Crippen LogP contribution in [0.1, 0.15) is 30.0 Å². The van der Waals surface area contributed by atoms with Crippen LogP contribution in [0.3, 0.4) is 0 Å². The predicted octanol–water partition coefficient (Wildman–Crippen LogP) is 1.68. The molecule has 1 aromatic carbocycles. The van der Waals surface area contributed by atoms with Crippen LogP contribution in [0.5, 0.6) is 0 Å². The van der Waals surface area contributed by atoms with Crippen molar-refractivity contribution in [3.8, 4) is 0 Å². The van der Waals surface area contributed by atoms with E-state index in [9.17, 15) is 9.59 Å². The molecule has 2 saturated heterocycles. The van der Waals surface area contributed by atoms with Gasteiger partial charge in [0.1, 0.15) is 0 Å². The summed E-state index contributed by atoms with van der Waals surface area (Å²) in [6.07, 6.45) is 2.17. The van der Waals surface area contributed by atoms with E-state index in [2.05, 4.69) is 41.4 Å². The molecule has 2 aliphatic rings. The number of amides is 3. The van der Waals surface area contributed by atoms with Crippen molar-refractivity contribution < 1.29 is 9.59 Å². The number of aryl methyl sites for hydroxylation is 1. The number of carbonyl (C=O) groups excluding carboxylic acids is 2. The second kappa shape index (κ2) is 5.85. The van der Waals surface area contributed by atoms with Crippen LogP contribution < -0.4 is 5.32 Å². The van der Waals surface area contributed by atoms with Crippen LogP contribution in [0.25, 0.3) is 0 Å². The maximum atomic E-state index is 12.3. The van der Waals surface area contributed by atoms with Crippen LogP contribution >= 0.6 is 0 Å². The van der Waals surface area contributed by atoms with Gasteiger partial charge < -0.3 is 5.32 Å². The van der Waals surface area contributed by atoms with Crippen molar-refractivity contribution in [2.45, 2.75) is 25.8 Å². The lowest BCUT2D eigenvalue weighted by Gasteiger charge is -2.26. The van der Waals surface area contributed by atoms with Crippen LogP contribution in [-0.2, 0) is 4.79 Å². The standard InChI is InChI=1S/C16H21N3O2/c1-12-4-2-5-13(10-12)14-6-3-8-18(14)11-15(20)19-9-7-17-16(19)21/h2,4-5,10,14H,3,6-9,11H2,1H3,(H,17,21)/t14-/m1/s1. The predicted molar refractivity (Wildman–Crippen MR) is 79.8 cm³/mol. The largest absolute Gasteiger partial charge is 0.336 e. The Hall–Kier alpha value is -1.88. The maximum absolute atomic E-state index is 12.3. The van der Waals surface area contributed by atoms with Crippen molar-refractivity contribution in [2.24, 2.45) is 0 Å². The number of hydrogen-bond donors (Lipinski definition) is 1. The van der Waals surface area contributed by atoms with E-state index in [1.165, 1.54) is 16.0 Å². The third-order valence-corrected chi connectivity index (χ3v) is 4.29. The molecule has 3 rings (SSSR count). The third-order valence-electron chi connectivity index (χ3n) is 4.29. The highest BCUT2D eigenvalue weighted by atomic mass is 16.2. The van der Waals surface area contributed by atoms with Crippen molar-refractivity contribution in [3.63, 3.8) is 0 Å². The summed E-state index contributed by atoms with van der Waals surface area (Å²) in [5.74, 6) is -0.0930. The van der Waals surface area contributed by atoms with Gasteiger partial charge in [-0.15, -0.1) is 0 Å². The smallest absolute Gasteiger partial charge is 0.324 e. The van der Waals surface area contributed by atoms with Gasteiger partial charge in [0.2, 0.25) is 5.91 Å². The van der Waals surface area contributed by atoms with E-state index < -0.39 is 0 Å². The second-order valence-corrected chi connectivity index (χ2v) is 5.82. The zero-order valence-electron chi connectivity index (χ0n) is 12.3. The van der Waals surface area contributed by atoms with Crippen molar-refractivity contribution in [1.82, 2.24) is 15.1 Å². The molecule has 1 atom stereocenters. The van der Waals surface area contributed by atoms with Gasteiger partial charge in [-0.3, -0.25) is 14.6 Å². The molecule has 0 saturated carbocycles. The summed E-state index contributed by atoms with van der Waals surface area (Å²) in [4.78, 5) is 27.4.